The van der Waals surface area contributed by atoms with E-state index in [0.717, 1.165) is 18.0 Å². The topological polar surface area (TPSA) is 50.4 Å². The molecule has 0 heterocycles. The molecule has 110 valence electrons. The van der Waals surface area contributed by atoms with E-state index in [4.69, 9.17) is 16.3 Å². The van der Waals surface area contributed by atoms with Crippen molar-refractivity contribution >= 4 is 17.5 Å². The van der Waals surface area contributed by atoms with Gasteiger partial charge in [0.25, 0.3) is 0 Å². The molecule has 4 nitrogen and oxygen atoms in total. The third-order valence-electron chi connectivity index (χ3n) is 3.41. The van der Waals surface area contributed by atoms with Crippen LogP contribution in [-0.2, 0) is 9.53 Å². The van der Waals surface area contributed by atoms with E-state index in [1.54, 1.807) is 7.11 Å². The summed E-state index contributed by atoms with van der Waals surface area (Å²) in [6, 6.07) is 7.49. The van der Waals surface area contributed by atoms with Crippen LogP contribution in [0.25, 0.3) is 0 Å². The molecule has 2 rings (SSSR count). The normalized spacial score (nSPS) is 15.9. The van der Waals surface area contributed by atoms with E-state index in [9.17, 15) is 4.79 Å². The van der Waals surface area contributed by atoms with Crippen molar-refractivity contribution < 1.29 is 9.53 Å². The first-order chi connectivity index (χ1) is 9.69. The number of ether oxygens (including phenoxy) is 1. The van der Waals surface area contributed by atoms with Gasteiger partial charge in [0, 0.05) is 18.7 Å². The van der Waals surface area contributed by atoms with Gasteiger partial charge < -0.3 is 15.4 Å². The fraction of sp³-hybridized carbons (Fsp3) is 0.533. The van der Waals surface area contributed by atoms with Gasteiger partial charge in [-0.1, -0.05) is 23.7 Å². The number of amides is 1. The molecule has 1 fully saturated rings. The zero-order valence-electron chi connectivity index (χ0n) is 11.7. The van der Waals surface area contributed by atoms with E-state index in [2.05, 4.69) is 10.6 Å². The van der Waals surface area contributed by atoms with Gasteiger partial charge >= 0.3 is 0 Å². The summed E-state index contributed by atoms with van der Waals surface area (Å²) in [6.45, 7) is 1.75. The summed E-state index contributed by atoms with van der Waals surface area (Å²) in [7, 11) is 1.63. The number of hydrogen-bond acceptors (Lipinski definition) is 3. The van der Waals surface area contributed by atoms with Crippen LogP contribution in [0.1, 0.15) is 24.5 Å². The Hall–Kier alpha value is -1.10. The maximum absolute atomic E-state index is 11.7. The monoisotopic (exact) mass is 296 g/mol. The first-order valence-electron chi connectivity index (χ1n) is 6.94. The number of carbonyl (C=O) groups excluding carboxylic acids is 1. The second-order valence-electron chi connectivity index (χ2n) is 5.16. The standard InChI is InChI=1S/C15H21ClN2O2/c1-20-14(12-3-2-4-13(16)7-12)9-18-15(19)10-17-8-11-5-6-11/h2-4,7,11,14,17H,5-6,8-10H2,1H3,(H,18,19). The molecule has 1 amide bonds. The number of methoxy groups -OCH3 is 1. The first kappa shape index (κ1) is 15.3. The van der Waals surface area contributed by atoms with Crippen molar-refractivity contribution in [3.05, 3.63) is 34.9 Å². The summed E-state index contributed by atoms with van der Waals surface area (Å²) in [6.07, 6.45) is 2.39. The van der Waals surface area contributed by atoms with E-state index < -0.39 is 0 Å². The largest absolute Gasteiger partial charge is 0.375 e. The van der Waals surface area contributed by atoms with Crippen molar-refractivity contribution in [3.63, 3.8) is 0 Å². The third-order valence-corrected chi connectivity index (χ3v) is 3.64. The Morgan fingerprint density at radius 2 is 2.30 bits per heavy atom. The highest BCUT2D eigenvalue weighted by molar-refractivity contribution is 6.30. The Morgan fingerprint density at radius 1 is 1.50 bits per heavy atom. The fourth-order valence-electron chi connectivity index (χ4n) is 2.02. The zero-order chi connectivity index (χ0) is 14.4. The molecule has 1 atom stereocenters. The molecule has 1 aliphatic rings. The van der Waals surface area contributed by atoms with Crippen LogP contribution in [0.15, 0.2) is 24.3 Å². The van der Waals surface area contributed by atoms with Gasteiger partial charge in [0.05, 0.1) is 12.6 Å². The molecular weight excluding hydrogens is 276 g/mol. The summed E-state index contributed by atoms with van der Waals surface area (Å²) < 4.78 is 5.40. The van der Waals surface area contributed by atoms with E-state index in [-0.39, 0.29) is 12.0 Å². The van der Waals surface area contributed by atoms with Gasteiger partial charge in [-0.25, -0.2) is 0 Å². The minimum absolute atomic E-state index is 0.00488. The lowest BCUT2D eigenvalue weighted by Gasteiger charge is -2.17. The van der Waals surface area contributed by atoms with Gasteiger partial charge in [-0.15, -0.1) is 0 Å². The van der Waals surface area contributed by atoms with Crippen molar-refractivity contribution in [3.8, 4) is 0 Å². The number of benzene rings is 1. The molecule has 1 aromatic rings. The lowest BCUT2D eigenvalue weighted by molar-refractivity contribution is -0.120. The number of rotatable bonds is 8. The second kappa shape index (κ2) is 7.62. The molecule has 20 heavy (non-hydrogen) atoms. The highest BCUT2D eigenvalue weighted by Crippen LogP contribution is 2.27. The maximum Gasteiger partial charge on any atom is 0.234 e. The minimum Gasteiger partial charge on any atom is -0.375 e. The SMILES string of the molecule is COC(CNC(=O)CNCC1CC1)c1cccc(Cl)c1. The second-order valence-corrected chi connectivity index (χ2v) is 5.59. The van der Waals surface area contributed by atoms with Crippen LogP contribution >= 0.6 is 11.6 Å². The Morgan fingerprint density at radius 3 is 2.95 bits per heavy atom. The zero-order valence-corrected chi connectivity index (χ0v) is 12.5. The van der Waals surface area contributed by atoms with Crippen molar-refractivity contribution in [1.29, 1.82) is 0 Å². The van der Waals surface area contributed by atoms with Gasteiger partial charge in [0.1, 0.15) is 0 Å². The van der Waals surface area contributed by atoms with Crippen LogP contribution in [-0.4, -0.2) is 32.7 Å². The first-order valence-corrected chi connectivity index (χ1v) is 7.32. The smallest absolute Gasteiger partial charge is 0.234 e. The van der Waals surface area contributed by atoms with E-state index in [1.165, 1.54) is 12.8 Å². The van der Waals surface area contributed by atoms with Crippen molar-refractivity contribution in [2.24, 2.45) is 5.92 Å². The van der Waals surface area contributed by atoms with Crippen LogP contribution in [0.2, 0.25) is 5.02 Å². The molecular formula is C15H21ClN2O2. The van der Waals surface area contributed by atoms with Gasteiger partial charge in [-0.2, -0.15) is 0 Å². The number of hydrogen-bond donors (Lipinski definition) is 2. The van der Waals surface area contributed by atoms with Gasteiger partial charge in [-0.05, 0) is 43.0 Å². The molecule has 0 aliphatic heterocycles. The lowest BCUT2D eigenvalue weighted by atomic mass is 10.1. The van der Waals surface area contributed by atoms with Gasteiger partial charge in [0.2, 0.25) is 5.91 Å². The highest BCUT2D eigenvalue weighted by Gasteiger charge is 2.20. The molecule has 2 N–H and O–H groups in total. The van der Waals surface area contributed by atoms with Crippen molar-refractivity contribution in [2.75, 3.05) is 26.7 Å². The molecule has 0 aromatic heterocycles. The summed E-state index contributed by atoms with van der Waals surface area (Å²) >= 11 is 5.96. The average molecular weight is 297 g/mol. The Balaban J connectivity index is 1.73. The summed E-state index contributed by atoms with van der Waals surface area (Å²) in [5.41, 5.74) is 0.964. The molecule has 1 aromatic carbocycles. The molecule has 1 saturated carbocycles. The quantitative estimate of drug-likeness (QED) is 0.773. The highest BCUT2D eigenvalue weighted by atomic mass is 35.5. The van der Waals surface area contributed by atoms with Crippen LogP contribution in [0.4, 0.5) is 0 Å². The molecule has 1 aliphatic carbocycles. The van der Waals surface area contributed by atoms with Gasteiger partial charge in [0.15, 0.2) is 0 Å². The molecule has 5 heteroatoms. The molecule has 0 spiro atoms. The Kier molecular flexibility index (Phi) is 5.83. The molecule has 0 bridgehead atoms. The summed E-state index contributed by atoms with van der Waals surface area (Å²) in [5, 5.41) is 6.71. The van der Waals surface area contributed by atoms with E-state index in [0.29, 0.717) is 18.1 Å². The Labute approximate surface area is 124 Å². The average Bonchev–Trinajstić information content (AvgIpc) is 3.24. The predicted octanol–water partition coefficient (Wildman–Crippen LogP) is 2.14. The van der Waals surface area contributed by atoms with Crippen molar-refractivity contribution in [2.45, 2.75) is 18.9 Å². The number of carbonyl (C=O) groups is 1. The number of nitrogens with one attached hydrogen (secondary N) is 2. The van der Waals surface area contributed by atoms with E-state index >= 15 is 0 Å². The fourth-order valence-corrected chi connectivity index (χ4v) is 2.22. The predicted molar refractivity (Wildman–Crippen MR) is 79.8 cm³/mol. The summed E-state index contributed by atoms with van der Waals surface area (Å²) in [5.74, 6) is 0.774. The minimum atomic E-state index is -0.180. The van der Waals surface area contributed by atoms with Gasteiger partial charge in [-0.3, -0.25) is 4.79 Å². The van der Waals surface area contributed by atoms with Crippen LogP contribution in [0, 0.1) is 5.92 Å². The molecule has 0 radical (unpaired) electrons. The molecule has 0 saturated heterocycles. The maximum atomic E-state index is 11.7. The van der Waals surface area contributed by atoms with Crippen LogP contribution in [0.5, 0.6) is 0 Å². The number of halogens is 1. The Bertz CT molecular complexity index is 449. The van der Waals surface area contributed by atoms with Crippen LogP contribution < -0.4 is 10.6 Å². The summed E-state index contributed by atoms with van der Waals surface area (Å²) in [4.78, 5) is 11.7. The van der Waals surface area contributed by atoms with Crippen LogP contribution in [0.3, 0.4) is 0 Å². The van der Waals surface area contributed by atoms with Crippen molar-refractivity contribution in [1.82, 2.24) is 10.6 Å². The lowest BCUT2D eigenvalue weighted by Crippen LogP contribution is -2.37. The van der Waals surface area contributed by atoms with E-state index in [1.807, 2.05) is 24.3 Å². The third kappa shape index (κ3) is 5.12. The molecule has 1 unspecified atom stereocenters.